The van der Waals surface area contributed by atoms with E-state index in [1.165, 1.54) is 6.20 Å². The highest BCUT2D eigenvalue weighted by atomic mass is 16.4. The monoisotopic (exact) mass is 259 g/mol. The first kappa shape index (κ1) is 13.3. The molecule has 0 bridgehead atoms. The highest BCUT2D eigenvalue weighted by Gasteiger charge is 2.17. The standard InChI is InChI=1S/C14H17N3O2/c1-9-5-10(13(18)19)6-15-12(9)17-8-11(7-16-17)14(2,3)4/h5-8H,1-4H3,(H,18,19). The van der Waals surface area contributed by atoms with Crippen molar-refractivity contribution in [2.75, 3.05) is 0 Å². The van der Waals surface area contributed by atoms with Crippen LogP contribution in [0.3, 0.4) is 0 Å². The van der Waals surface area contributed by atoms with Gasteiger partial charge in [-0.05, 0) is 29.5 Å². The van der Waals surface area contributed by atoms with Crippen molar-refractivity contribution in [1.82, 2.24) is 14.8 Å². The number of aromatic carboxylic acids is 1. The quantitative estimate of drug-likeness (QED) is 0.900. The Kier molecular flexibility index (Phi) is 3.14. The summed E-state index contributed by atoms with van der Waals surface area (Å²) < 4.78 is 1.68. The molecule has 2 rings (SSSR count). The first-order chi connectivity index (χ1) is 8.79. The third-order valence-corrected chi connectivity index (χ3v) is 2.96. The second kappa shape index (κ2) is 4.50. The molecule has 0 unspecified atom stereocenters. The van der Waals surface area contributed by atoms with Crippen molar-refractivity contribution in [3.05, 3.63) is 41.3 Å². The van der Waals surface area contributed by atoms with Crippen LogP contribution in [0.1, 0.15) is 42.3 Å². The molecule has 0 amide bonds. The second-order valence-corrected chi connectivity index (χ2v) is 5.59. The van der Waals surface area contributed by atoms with E-state index in [0.29, 0.717) is 5.82 Å². The number of carboxylic acid groups (broad SMARTS) is 1. The largest absolute Gasteiger partial charge is 0.478 e. The molecule has 0 radical (unpaired) electrons. The summed E-state index contributed by atoms with van der Waals surface area (Å²) in [6.07, 6.45) is 5.09. The van der Waals surface area contributed by atoms with E-state index in [4.69, 9.17) is 5.11 Å². The molecule has 2 aromatic rings. The summed E-state index contributed by atoms with van der Waals surface area (Å²) in [4.78, 5) is 15.1. The molecule has 5 heteroatoms. The van der Waals surface area contributed by atoms with E-state index in [9.17, 15) is 4.79 Å². The maximum absolute atomic E-state index is 10.9. The van der Waals surface area contributed by atoms with Crippen LogP contribution in [-0.4, -0.2) is 25.8 Å². The first-order valence-corrected chi connectivity index (χ1v) is 6.04. The summed E-state index contributed by atoms with van der Waals surface area (Å²) >= 11 is 0. The third-order valence-electron chi connectivity index (χ3n) is 2.96. The van der Waals surface area contributed by atoms with Crippen LogP contribution in [0.5, 0.6) is 0 Å². The van der Waals surface area contributed by atoms with Crippen molar-refractivity contribution < 1.29 is 9.90 Å². The van der Waals surface area contributed by atoms with Crippen LogP contribution in [0.15, 0.2) is 24.7 Å². The Labute approximate surface area is 111 Å². The van der Waals surface area contributed by atoms with E-state index in [0.717, 1.165) is 11.1 Å². The molecule has 0 aliphatic heterocycles. The number of nitrogens with zero attached hydrogens (tertiary/aromatic N) is 3. The van der Waals surface area contributed by atoms with Gasteiger partial charge in [0.1, 0.15) is 0 Å². The first-order valence-electron chi connectivity index (χ1n) is 6.04. The number of hydrogen-bond acceptors (Lipinski definition) is 3. The zero-order chi connectivity index (χ0) is 14.2. The Morgan fingerprint density at radius 3 is 2.47 bits per heavy atom. The molecule has 2 heterocycles. The van der Waals surface area contributed by atoms with Crippen molar-refractivity contribution in [1.29, 1.82) is 0 Å². The molecule has 0 saturated carbocycles. The Balaban J connectivity index is 2.43. The number of rotatable bonds is 2. The molecule has 1 N–H and O–H groups in total. The van der Waals surface area contributed by atoms with Gasteiger partial charge in [-0.15, -0.1) is 0 Å². The van der Waals surface area contributed by atoms with Gasteiger partial charge in [0.15, 0.2) is 5.82 Å². The van der Waals surface area contributed by atoms with Gasteiger partial charge in [0.25, 0.3) is 0 Å². The predicted molar refractivity (Wildman–Crippen MR) is 71.8 cm³/mol. The van der Waals surface area contributed by atoms with E-state index < -0.39 is 5.97 Å². The zero-order valence-corrected chi connectivity index (χ0v) is 11.5. The number of aromatic nitrogens is 3. The predicted octanol–water partition coefficient (Wildman–Crippen LogP) is 2.57. The van der Waals surface area contributed by atoms with E-state index >= 15 is 0 Å². The third kappa shape index (κ3) is 2.65. The lowest BCUT2D eigenvalue weighted by atomic mass is 9.90. The Hall–Kier alpha value is -2.17. The topological polar surface area (TPSA) is 68.0 Å². The molecule has 19 heavy (non-hydrogen) atoms. The van der Waals surface area contributed by atoms with Crippen molar-refractivity contribution in [2.45, 2.75) is 33.1 Å². The van der Waals surface area contributed by atoms with Crippen LogP contribution in [0.2, 0.25) is 0 Å². The zero-order valence-electron chi connectivity index (χ0n) is 11.5. The molecular weight excluding hydrogens is 242 g/mol. The SMILES string of the molecule is Cc1cc(C(=O)O)cnc1-n1cc(C(C)(C)C)cn1. The lowest BCUT2D eigenvalue weighted by Crippen LogP contribution is -2.10. The second-order valence-electron chi connectivity index (χ2n) is 5.59. The number of aryl methyl sites for hydroxylation is 1. The number of carboxylic acids is 1. The molecule has 2 aromatic heterocycles. The average Bonchev–Trinajstić information content (AvgIpc) is 2.77. The van der Waals surface area contributed by atoms with Gasteiger partial charge in [-0.25, -0.2) is 14.5 Å². The van der Waals surface area contributed by atoms with Crippen molar-refractivity contribution in [2.24, 2.45) is 0 Å². The van der Waals surface area contributed by atoms with E-state index in [1.54, 1.807) is 10.7 Å². The molecule has 0 aliphatic carbocycles. The minimum Gasteiger partial charge on any atom is -0.478 e. The Morgan fingerprint density at radius 1 is 1.32 bits per heavy atom. The molecular formula is C14H17N3O2. The van der Waals surface area contributed by atoms with Crippen molar-refractivity contribution in [3.8, 4) is 5.82 Å². The lowest BCUT2D eigenvalue weighted by molar-refractivity contribution is 0.0696. The van der Waals surface area contributed by atoms with Gasteiger partial charge in [-0.2, -0.15) is 5.10 Å². The summed E-state index contributed by atoms with van der Waals surface area (Å²) in [5, 5.41) is 13.2. The molecule has 0 spiro atoms. The highest BCUT2D eigenvalue weighted by molar-refractivity contribution is 5.87. The lowest BCUT2D eigenvalue weighted by Gasteiger charge is -2.15. The fraction of sp³-hybridized carbons (Fsp3) is 0.357. The van der Waals surface area contributed by atoms with Gasteiger partial charge in [0.2, 0.25) is 0 Å². The van der Waals surface area contributed by atoms with Gasteiger partial charge in [-0.3, -0.25) is 0 Å². The summed E-state index contributed by atoms with van der Waals surface area (Å²) in [5.41, 5.74) is 2.09. The van der Waals surface area contributed by atoms with Crippen LogP contribution in [0.4, 0.5) is 0 Å². The normalized spacial score (nSPS) is 11.6. The van der Waals surface area contributed by atoms with Gasteiger partial charge >= 0.3 is 5.97 Å². The van der Waals surface area contributed by atoms with E-state index in [2.05, 4.69) is 30.9 Å². The summed E-state index contributed by atoms with van der Waals surface area (Å²) in [6, 6.07) is 1.60. The van der Waals surface area contributed by atoms with Crippen LogP contribution in [0, 0.1) is 6.92 Å². The average molecular weight is 259 g/mol. The van der Waals surface area contributed by atoms with Crippen LogP contribution >= 0.6 is 0 Å². The fourth-order valence-corrected chi connectivity index (χ4v) is 1.75. The van der Waals surface area contributed by atoms with E-state index in [-0.39, 0.29) is 11.0 Å². The molecule has 100 valence electrons. The number of pyridine rings is 1. The van der Waals surface area contributed by atoms with Crippen molar-refractivity contribution >= 4 is 5.97 Å². The molecule has 0 fully saturated rings. The van der Waals surface area contributed by atoms with Gasteiger partial charge in [0, 0.05) is 12.4 Å². The number of hydrogen-bond donors (Lipinski definition) is 1. The van der Waals surface area contributed by atoms with Crippen molar-refractivity contribution in [3.63, 3.8) is 0 Å². The molecule has 0 aromatic carbocycles. The maximum atomic E-state index is 10.9. The van der Waals surface area contributed by atoms with Gasteiger partial charge in [0.05, 0.1) is 11.8 Å². The minimum absolute atomic E-state index is 0.0210. The smallest absolute Gasteiger partial charge is 0.337 e. The summed E-state index contributed by atoms with van der Waals surface area (Å²) in [5.74, 6) is -0.321. The van der Waals surface area contributed by atoms with Crippen LogP contribution < -0.4 is 0 Å². The van der Waals surface area contributed by atoms with Gasteiger partial charge in [-0.1, -0.05) is 20.8 Å². The molecule has 5 nitrogen and oxygen atoms in total. The Morgan fingerprint density at radius 2 is 2.00 bits per heavy atom. The Bertz CT molecular complexity index is 624. The summed E-state index contributed by atoms with van der Waals surface area (Å²) in [6.45, 7) is 8.17. The summed E-state index contributed by atoms with van der Waals surface area (Å²) in [7, 11) is 0. The molecule has 0 saturated heterocycles. The van der Waals surface area contributed by atoms with Gasteiger partial charge < -0.3 is 5.11 Å². The highest BCUT2D eigenvalue weighted by Crippen LogP contribution is 2.22. The molecule has 0 aliphatic rings. The van der Waals surface area contributed by atoms with Crippen LogP contribution in [-0.2, 0) is 5.41 Å². The van der Waals surface area contributed by atoms with E-state index in [1.807, 2.05) is 19.3 Å². The number of carbonyl (C=O) groups is 1. The molecule has 0 atom stereocenters. The van der Waals surface area contributed by atoms with Crippen LogP contribution in [0.25, 0.3) is 5.82 Å². The fourth-order valence-electron chi connectivity index (χ4n) is 1.75. The minimum atomic E-state index is -0.974. The maximum Gasteiger partial charge on any atom is 0.337 e.